The van der Waals surface area contributed by atoms with Crippen molar-refractivity contribution in [2.45, 2.75) is 6.18 Å². The third-order valence-electron chi connectivity index (χ3n) is 3.20. The highest BCUT2D eigenvalue weighted by Crippen LogP contribution is 2.32. The maximum atomic E-state index is 12.7. The molecule has 0 aliphatic rings. The molecule has 3 aromatic rings. The third kappa shape index (κ3) is 3.97. The Hall–Kier alpha value is -3.29. The molecule has 0 atom stereocenters. The molecule has 0 saturated heterocycles. The van der Waals surface area contributed by atoms with Crippen molar-refractivity contribution in [2.24, 2.45) is 5.10 Å². The molecule has 0 bridgehead atoms. The second-order valence-electron chi connectivity index (χ2n) is 4.96. The molecule has 0 unspecified atom stereocenters. The summed E-state index contributed by atoms with van der Waals surface area (Å²) in [6.45, 7) is 0. The van der Waals surface area contributed by atoms with E-state index in [2.05, 4.69) is 10.5 Å². The summed E-state index contributed by atoms with van der Waals surface area (Å²) in [4.78, 5) is 11.6. The van der Waals surface area contributed by atoms with Gasteiger partial charge in [0, 0.05) is 5.56 Å². The lowest BCUT2D eigenvalue weighted by molar-refractivity contribution is -0.137. The van der Waals surface area contributed by atoms with Gasteiger partial charge in [-0.15, -0.1) is 0 Å². The number of carbonyl (C=O) groups is 1. The van der Waals surface area contributed by atoms with Gasteiger partial charge in [-0.25, -0.2) is 5.43 Å². The zero-order valence-corrected chi connectivity index (χ0v) is 12.6. The van der Waals surface area contributed by atoms with Crippen molar-refractivity contribution >= 4 is 12.1 Å². The van der Waals surface area contributed by atoms with Crippen LogP contribution in [0.5, 0.6) is 0 Å². The minimum Gasteiger partial charge on any atom is -0.459 e. The zero-order chi connectivity index (χ0) is 17.9. The third-order valence-corrected chi connectivity index (χ3v) is 3.20. The van der Waals surface area contributed by atoms with Gasteiger partial charge in [-0.2, -0.15) is 18.3 Å². The van der Waals surface area contributed by atoms with Gasteiger partial charge in [0.15, 0.2) is 5.76 Å². The predicted octanol–water partition coefficient (Wildman–Crippen LogP) is 4.32. The minimum atomic E-state index is -4.43. The summed E-state index contributed by atoms with van der Waals surface area (Å²) in [6, 6.07) is 10.9. The van der Waals surface area contributed by atoms with Crippen molar-refractivity contribution in [1.82, 2.24) is 5.43 Å². The normalized spacial score (nSPS) is 11.8. The highest BCUT2D eigenvalue weighted by molar-refractivity contribution is 5.92. The van der Waals surface area contributed by atoms with Crippen LogP contribution in [0, 0.1) is 0 Å². The highest BCUT2D eigenvalue weighted by Gasteiger charge is 2.30. The maximum absolute atomic E-state index is 12.7. The van der Waals surface area contributed by atoms with Crippen molar-refractivity contribution in [2.75, 3.05) is 0 Å². The quantitative estimate of drug-likeness (QED) is 0.564. The van der Waals surface area contributed by atoms with E-state index in [-0.39, 0.29) is 22.8 Å². The Bertz CT molecular complexity index is 896. The molecular formula is C17H11F3N2O3. The summed E-state index contributed by atoms with van der Waals surface area (Å²) in [5.41, 5.74) is 1.76. The lowest BCUT2D eigenvalue weighted by atomic mass is 10.1. The van der Waals surface area contributed by atoms with Crippen molar-refractivity contribution < 1.29 is 26.8 Å². The standard InChI is InChI=1S/C17H11F3N2O3/c18-17(19,20)12-4-1-3-11(9-12)14-7-6-13(25-14)10-21-22-16(23)15-5-2-8-24-15/h1-10H,(H,22,23)/b21-10-. The summed E-state index contributed by atoms with van der Waals surface area (Å²) in [5.74, 6) is 0.0872. The molecule has 0 aliphatic carbocycles. The molecule has 8 heteroatoms. The number of rotatable bonds is 4. The van der Waals surface area contributed by atoms with Crippen LogP contribution >= 0.6 is 0 Å². The average Bonchev–Trinajstić information content (AvgIpc) is 3.26. The Morgan fingerprint density at radius 2 is 1.96 bits per heavy atom. The smallest absolute Gasteiger partial charge is 0.416 e. The van der Waals surface area contributed by atoms with Crippen LogP contribution in [0.3, 0.4) is 0 Å². The van der Waals surface area contributed by atoms with E-state index in [4.69, 9.17) is 8.83 Å². The maximum Gasteiger partial charge on any atom is 0.416 e. The predicted molar refractivity (Wildman–Crippen MR) is 82.9 cm³/mol. The van der Waals surface area contributed by atoms with Gasteiger partial charge in [0.1, 0.15) is 11.5 Å². The molecule has 3 rings (SSSR count). The van der Waals surface area contributed by atoms with E-state index in [1.165, 1.54) is 42.8 Å². The van der Waals surface area contributed by atoms with Crippen molar-refractivity contribution in [3.05, 3.63) is 71.9 Å². The van der Waals surface area contributed by atoms with Gasteiger partial charge in [0.25, 0.3) is 0 Å². The summed E-state index contributed by atoms with van der Waals surface area (Å²) in [7, 11) is 0. The fourth-order valence-corrected chi connectivity index (χ4v) is 2.04. The molecule has 0 fully saturated rings. The summed E-state index contributed by atoms with van der Waals surface area (Å²) < 4.78 is 48.6. The van der Waals surface area contributed by atoms with Gasteiger partial charge in [0.2, 0.25) is 0 Å². The lowest BCUT2D eigenvalue weighted by Crippen LogP contribution is -2.16. The van der Waals surface area contributed by atoms with Crippen LogP contribution in [0.15, 0.2) is 68.7 Å². The first kappa shape index (κ1) is 16.6. The largest absolute Gasteiger partial charge is 0.459 e. The van der Waals surface area contributed by atoms with Gasteiger partial charge in [-0.1, -0.05) is 12.1 Å². The van der Waals surface area contributed by atoms with Crippen LogP contribution in [0.4, 0.5) is 13.2 Å². The second kappa shape index (κ2) is 6.68. The van der Waals surface area contributed by atoms with E-state index in [0.717, 1.165) is 12.1 Å². The van der Waals surface area contributed by atoms with E-state index in [1.54, 1.807) is 6.07 Å². The monoisotopic (exact) mass is 348 g/mol. The van der Waals surface area contributed by atoms with E-state index in [1.807, 2.05) is 0 Å². The molecule has 25 heavy (non-hydrogen) atoms. The molecule has 5 nitrogen and oxygen atoms in total. The molecule has 2 heterocycles. The Balaban J connectivity index is 1.70. The summed E-state index contributed by atoms with van der Waals surface area (Å²) in [5, 5.41) is 3.70. The second-order valence-corrected chi connectivity index (χ2v) is 4.96. The first-order valence-corrected chi connectivity index (χ1v) is 7.08. The number of carbonyl (C=O) groups excluding carboxylic acids is 1. The first-order chi connectivity index (χ1) is 11.9. The topological polar surface area (TPSA) is 67.7 Å². The molecule has 1 N–H and O–H groups in total. The number of halogens is 3. The Kier molecular flexibility index (Phi) is 4.42. The number of hydrazone groups is 1. The van der Waals surface area contributed by atoms with Crippen LogP contribution in [0.25, 0.3) is 11.3 Å². The van der Waals surface area contributed by atoms with E-state index >= 15 is 0 Å². The van der Waals surface area contributed by atoms with Crippen LogP contribution in [-0.4, -0.2) is 12.1 Å². The molecule has 2 aromatic heterocycles. The summed E-state index contributed by atoms with van der Waals surface area (Å²) >= 11 is 0. The van der Waals surface area contributed by atoms with Gasteiger partial charge in [-0.3, -0.25) is 4.79 Å². The van der Waals surface area contributed by atoms with Crippen LogP contribution in [0.1, 0.15) is 21.9 Å². The zero-order valence-electron chi connectivity index (χ0n) is 12.6. The molecule has 0 radical (unpaired) electrons. The van der Waals surface area contributed by atoms with Crippen molar-refractivity contribution in [3.63, 3.8) is 0 Å². The summed E-state index contributed by atoms with van der Waals surface area (Å²) in [6.07, 6.45) is -1.84. The number of hydrogen-bond acceptors (Lipinski definition) is 4. The molecular weight excluding hydrogens is 337 g/mol. The van der Waals surface area contributed by atoms with Crippen molar-refractivity contribution in [1.29, 1.82) is 0 Å². The lowest BCUT2D eigenvalue weighted by Gasteiger charge is -2.07. The Morgan fingerprint density at radius 3 is 2.68 bits per heavy atom. The van der Waals surface area contributed by atoms with Crippen LogP contribution < -0.4 is 5.43 Å². The molecule has 128 valence electrons. The van der Waals surface area contributed by atoms with Crippen LogP contribution in [-0.2, 0) is 6.18 Å². The average molecular weight is 348 g/mol. The number of hydrogen-bond donors (Lipinski definition) is 1. The highest BCUT2D eigenvalue weighted by atomic mass is 19.4. The van der Waals surface area contributed by atoms with E-state index in [0.29, 0.717) is 0 Å². The molecule has 0 aliphatic heterocycles. The van der Waals surface area contributed by atoms with E-state index in [9.17, 15) is 18.0 Å². The van der Waals surface area contributed by atoms with Gasteiger partial charge >= 0.3 is 12.1 Å². The fourth-order valence-electron chi connectivity index (χ4n) is 2.04. The molecule has 1 aromatic carbocycles. The Labute approximate surface area is 139 Å². The number of nitrogens with zero attached hydrogens (tertiary/aromatic N) is 1. The number of furan rings is 2. The molecule has 1 amide bonds. The fraction of sp³-hybridized carbons (Fsp3) is 0.0588. The van der Waals surface area contributed by atoms with Gasteiger partial charge in [-0.05, 0) is 36.4 Å². The number of benzene rings is 1. The van der Waals surface area contributed by atoms with Crippen LogP contribution in [0.2, 0.25) is 0 Å². The number of alkyl halides is 3. The first-order valence-electron chi connectivity index (χ1n) is 7.08. The Morgan fingerprint density at radius 1 is 1.12 bits per heavy atom. The van der Waals surface area contributed by atoms with Gasteiger partial charge < -0.3 is 8.83 Å². The molecule has 0 saturated carbocycles. The molecule has 0 spiro atoms. The number of amides is 1. The van der Waals surface area contributed by atoms with Crippen molar-refractivity contribution in [3.8, 4) is 11.3 Å². The SMILES string of the molecule is O=C(N/N=C\c1ccc(-c2cccc(C(F)(F)F)c2)o1)c1ccco1. The van der Waals surface area contributed by atoms with E-state index < -0.39 is 17.6 Å². The van der Waals surface area contributed by atoms with Gasteiger partial charge in [0.05, 0.1) is 18.0 Å². The number of nitrogens with one attached hydrogen (secondary N) is 1. The minimum absolute atomic E-state index is 0.0984.